The molecule has 2 aromatic rings. The van der Waals surface area contributed by atoms with Crippen molar-refractivity contribution in [3.05, 3.63) is 67.3 Å². The summed E-state index contributed by atoms with van der Waals surface area (Å²) in [4.78, 5) is 36.5. The molecule has 0 radical (unpaired) electrons. The molecule has 2 rings (SSSR count). The summed E-state index contributed by atoms with van der Waals surface area (Å²) in [6.07, 6.45) is 0. The Hall–Kier alpha value is -2.37. The molecular formula is C11H11N3O3. The highest BCUT2D eigenvalue weighted by atomic mass is 16.2. The van der Waals surface area contributed by atoms with Crippen LogP contribution in [0.3, 0.4) is 0 Å². The van der Waals surface area contributed by atoms with Gasteiger partial charge in [0.1, 0.15) is 0 Å². The molecule has 0 unspecified atom stereocenters. The van der Waals surface area contributed by atoms with Crippen LogP contribution in [-0.4, -0.2) is 14.1 Å². The molecule has 1 heterocycles. The number of hydrogen-bond donors (Lipinski definition) is 1. The maximum atomic E-state index is 11.7. The third-order valence-corrected chi connectivity index (χ3v) is 2.47. The van der Waals surface area contributed by atoms with Gasteiger partial charge in [0.2, 0.25) is 0 Å². The summed E-state index contributed by atoms with van der Waals surface area (Å²) in [5, 5.41) is 0. The van der Waals surface area contributed by atoms with Crippen molar-refractivity contribution in [3.8, 4) is 0 Å². The zero-order chi connectivity index (χ0) is 12.4. The van der Waals surface area contributed by atoms with E-state index < -0.39 is 17.1 Å². The van der Waals surface area contributed by atoms with E-state index in [-0.39, 0.29) is 6.54 Å². The Bertz CT molecular complexity index is 694. The van der Waals surface area contributed by atoms with Crippen LogP contribution in [0.15, 0.2) is 44.7 Å². The topological polar surface area (TPSA) is 76.9 Å². The number of aromatic nitrogens is 3. The number of nitrogens with one attached hydrogen (secondary N) is 1. The van der Waals surface area contributed by atoms with Gasteiger partial charge in [-0.25, -0.2) is 23.5 Å². The summed E-state index contributed by atoms with van der Waals surface area (Å²) in [5.74, 6) is 0. The first-order valence-corrected chi connectivity index (χ1v) is 5.03. The maximum Gasteiger partial charge on any atom is 0.336 e. The minimum absolute atomic E-state index is 0.142. The van der Waals surface area contributed by atoms with Crippen LogP contribution in [0.2, 0.25) is 0 Å². The van der Waals surface area contributed by atoms with Crippen molar-refractivity contribution in [1.82, 2.24) is 14.1 Å². The third kappa shape index (κ3) is 2.10. The van der Waals surface area contributed by atoms with Gasteiger partial charge in [0.05, 0.1) is 6.54 Å². The van der Waals surface area contributed by atoms with Gasteiger partial charge in [-0.05, 0) is 5.56 Å². The minimum atomic E-state index is -0.704. The Labute approximate surface area is 95.8 Å². The van der Waals surface area contributed by atoms with E-state index in [0.29, 0.717) is 0 Å². The smallest absolute Gasteiger partial charge is 0.259 e. The number of benzene rings is 1. The summed E-state index contributed by atoms with van der Waals surface area (Å²) in [6, 6.07) is 9.08. The van der Waals surface area contributed by atoms with Gasteiger partial charge in [0.25, 0.3) is 0 Å². The second kappa shape index (κ2) is 4.25. The van der Waals surface area contributed by atoms with Gasteiger partial charge in [-0.2, -0.15) is 0 Å². The first-order valence-electron chi connectivity index (χ1n) is 5.03. The zero-order valence-electron chi connectivity index (χ0n) is 9.21. The van der Waals surface area contributed by atoms with Gasteiger partial charge in [-0.15, -0.1) is 0 Å². The number of aromatic amines is 1. The molecule has 17 heavy (non-hydrogen) atoms. The van der Waals surface area contributed by atoms with Crippen LogP contribution in [0.25, 0.3) is 0 Å². The Morgan fingerprint density at radius 3 is 2.35 bits per heavy atom. The van der Waals surface area contributed by atoms with Gasteiger partial charge < -0.3 is 0 Å². The SMILES string of the molecule is Cn1c(=O)[nH]c(=O)n(Cc2ccccc2)c1=O. The summed E-state index contributed by atoms with van der Waals surface area (Å²) in [5.41, 5.74) is -1.20. The fourth-order valence-electron chi connectivity index (χ4n) is 1.50. The van der Waals surface area contributed by atoms with Crippen molar-refractivity contribution in [2.75, 3.05) is 0 Å². The number of nitrogens with zero attached hydrogens (tertiary/aromatic N) is 2. The molecule has 6 heteroatoms. The van der Waals surface area contributed by atoms with E-state index in [1.54, 1.807) is 12.1 Å². The molecule has 0 spiro atoms. The van der Waals surface area contributed by atoms with Crippen molar-refractivity contribution in [1.29, 1.82) is 0 Å². The predicted octanol–water partition coefficient (Wildman–Crippen LogP) is -0.716. The van der Waals surface area contributed by atoms with Crippen molar-refractivity contribution < 1.29 is 0 Å². The number of H-pyrrole nitrogens is 1. The molecule has 0 amide bonds. The monoisotopic (exact) mass is 233 g/mol. The van der Waals surface area contributed by atoms with Crippen LogP contribution >= 0.6 is 0 Å². The molecular weight excluding hydrogens is 222 g/mol. The molecule has 0 aliphatic carbocycles. The fraction of sp³-hybridized carbons (Fsp3) is 0.182. The van der Waals surface area contributed by atoms with E-state index >= 15 is 0 Å². The van der Waals surface area contributed by atoms with E-state index in [9.17, 15) is 14.4 Å². The summed E-state index contributed by atoms with van der Waals surface area (Å²) in [6.45, 7) is 0.142. The molecule has 1 aromatic carbocycles. The highest BCUT2D eigenvalue weighted by Crippen LogP contribution is 1.97. The molecule has 0 saturated heterocycles. The second-order valence-electron chi connectivity index (χ2n) is 3.65. The summed E-state index contributed by atoms with van der Waals surface area (Å²) in [7, 11) is 1.32. The van der Waals surface area contributed by atoms with E-state index in [2.05, 4.69) is 4.98 Å². The zero-order valence-corrected chi connectivity index (χ0v) is 9.21. The lowest BCUT2D eigenvalue weighted by Gasteiger charge is -2.05. The van der Waals surface area contributed by atoms with E-state index in [1.165, 1.54) is 7.05 Å². The minimum Gasteiger partial charge on any atom is -0.259 e. The third-order valence-electron chi connectivity index (χ3n) is 2.47. The molecule has 0 saturated carbocycles. The molecule has 1 aromatic heterocycles. The standard InChI is InChI=1S/C11H11N3O3/c1-13-9(15)12-10(16)14(11(13)17)7-8-5-3-2-4-6-8/h2-6H,7H2,1H3,(H,12,15,16). The quantitative estimate of drug-likeness (QED) is 0.744. The van der Waals surface area contributed by atoms with Gasteiger partial charge in [-0.1, -0.05) is 30.3 Å². The summed E-state index contributed by atoms with van der Waals surface area (Å²) >= 11 is 0. The highest BCUT2D eigenvalue weighted by Gasteiger charge is 2.06. The Morgan fingerprint density at radius 2 is 1.71 bits per heavy atom. The lowest BCUT2D eigenvalue weighted by Crippen LogP contribution is -2.48. The van der Waals surface area contributed by atoms with Crippen LogP contribution < -0.4 is 17.1 Å². The van der Waals surface area contributed by atoms with Crippen LogP contribution in [0.4, 0.5) is 0 Å². The maximum absolute atomic E-state index is 11.7. The van der Waals surface area contributed by atoms with E-state index in [0.717, 1.165) is 14.7 Å². The molecule has 0 fully saturated rings. The average Bonchev–Trinajstić information content (AvgIpc) is 2.33. The molecule has 6 nitrogen and oxygen atoms in total. The van der Waals surface area contributed by atoms with Crippen LogP contribution in [0.5, 0.6) is 0 Å². The van der Waals surface area contributed by atoms with Crippen LogP contribution in [-0.2, 0) is 13.6 Å². The Morgan fingerprint density at radius 1 is 1.06 bits per heavy atom. The number of rotatable bonds is 2. The molecule has 0 aliphatic heterocycles. The lowest BCUT2D eigenvalue weighted by molar-refractivity contribution is 0.586. The average molecular weight is 233 g/mol. The van der Waals surface area contributed by atoms with Gasteiger partial charge in [0, 0.05) is 7.05 Å². The van der Waals surface area contributed by atoms with Crippen molar-refractivity contribution >= 4 is 0 Å². The molecule has 88 valence electrons. The second-order valence-corrected chi connectivity index (χ2v) is 3.65. The van der Waals surface area contributed by atoms with Crippen LogP contribution in [0, 0.1) is 0 Å². The lowest BCUT2D eigenvalue weighted by atomic mass is 10.2. The van der Waals surface area contributed by atoms with Gasteiger partial charge in [0.15, 0.2) is 0 Å². The largest absolute Gasteiger partial charge is 0.336 e. The molecule has 0 bridgehead atoms. The summed E-state index contributed by atoms with van der Waals surface area (Å²) < 4.78 is 1.85. The van der Waals surface area contributed by atoms with Gasteiger partial charge >= 0.3 is 17.1 Å². The highest BCUT2D eigenvalue weighted by molar-refractivity contribution is 5.14. The van der Waals surface area contributed by atoms with Crippen molar-refractivity contribution in [2.24, 2.45) is 7.05 Å². The molecule has 0 aliphatic rings. The van der Waals surface area contributed by atoms with E-state index in [1.807, 2.05) is 18.2 Å². The molecule has 0 atom stereocenters. The first-order chi connectivity index (χ1) is 8.09. The fourth-order valence-corrected chi connectivity index (χ4v) is 1.50. The normalized spacial score (nSPS) is 10.4. The first kappa shape index (κ1) is 11.1. The van der Waals surface area contributed by atoms with Crippen LogP contribution in [0.1, 0.15) is 5.56 Å². The van der Waals surface area contributed by atoms with Gasteiger partial charge in [-0.3, -0.25) is 4.98 Å². The predicted molar refractivity (Wildman–Crippen MR) is 62.1 cm³/mol. The Kier molecular flexibility index (Phi) is 2.78. The molecule has 1 N–H and O–H groups in total. The van der Waals surface area contributed by atoms with E-state index in [4.69, 9.17) is 0 Å². The number of hydrogen-bond acceptors (Lipinski definition) is 3. The Balaban J connectivity index is 2.55. The van der Waals surface area contributed by atoms with Crippen molar-refractivity contribution in [2.45, 2.75) is 6.54 Å². The van der Waals surface area contributed by atoms with Crippen molar-refractivity contribution in [3.63, 3.8) is 0 Å².